The number of nitrogens with two attached hydrogens (primary N) is 1. The quantitative estimate of drug-likeness (QED) is 0.794. The van der Waals surface area contributed by atoms with Crippen LogP contribution >= 0.6 is 22.9 Å². The van der Waals surface area contributed by atoms with Crippen LogP contribution in [0, 0.1) is 0 Å². The minimum atomic E-state index is 0.541. The first kappa shape index (κ1) is 8.59. The molecule has 0 spiro atoms. The Bertz CT molecular complexity index is 455. The molecule has 0 aliphatic carbocycles. The predicted molar refractivity (Wildman–Crippen MR) is 55.6 cm³/mol. The molecule has 0 saturated carbocycles. The topological polar surface area (TPSA) is 48.1 Å². The van der Waals surface area contributed by atoms with E-state index in [-0.39, 0.29) is 0 Å². The molecule has 0 radical (unpaired) electrons. The Balaban J connectivity index is 2.72. The van der Waals surface area contributed by atoms with Crippen molar-refractivity contribution >= 4 is 38.3 Å². The van der Waals surface area contributed by atoms with E-state index >= 15 is 0 Å². The number of benzene rings is 1. The van der Waals surface area contributed by atoms with Gasteiger partial charge in [0, 0.05) is 6.07 Å². The van der Waals surface area contributed by atoms with Gasteiger partial charge in [0.2, 0.25) is 0 Å². The van der Waals surface area contributed by atoms with Gasteiger partial charge in [0.15, 0.2) is 5.13 Å². The van der Waals surface area contributed by atoms with Gasteiger partial charge in [0.05, 0.1) is 22.3 Å². The number of anilines is 1. The van der Waals surface area contributed by atoms with Crippen LogP contribution in [0.15, 0.2) is 12.1 Å². The summed E-state index contributed by atoms with van der Waals surface area (Å²) in [6, 6.07) is 3.59. The second-order valence-corrected chi connectivity index (χ2v) is 3.98. The van der Waals surface area contributed by atoms with Crippen LogP contribution in [0.2, 0.25) is 5.02 Å². The molecule has 13 heavy (non-hydrogen) atoms. The highest BCUT2D eigenvalue weighted by atomic mass is 35.5. The number of thiazole rings is 1. The van der Waals surface area contributed by atoms with Crippen molar-refractivity contribution in [1.29, 1.82) is 0 Å². The van der Waals surface area contributed by atoms with Crippen LogP contribution in [0.3, 0.4) is 0 Å². The Morgan fingerprint density at radius 1 is 1.54 bits per heavy atom. The van der Waals surface area contributed by atoms with Gasteiger partial charge >= 0.3 is 0 Å². The summed E-state index contributed by atoms with van der Waals surface area (Å²) < 4.78 is 6.05. The number of fused-ring (bicyclic) bond motifs is 1. The van der Waals surface area contributed by atoms with Crippen molar-refractivity contribution in [3.05, 3.63) is 17.2 Å². The smallest absolute Gasteiger partial charge is 0.181 e. The minimum absolute atomic E-state index is 0.541. The fourth-order valence-electron chi connectivity index (χ4n) is 1.10. The van der Waals surface area contributed by atoms with Crippen molar-refractivity contribution in [1.82, 2.24) is 4.98 Å². The summed E-state index contributed by atoms with van der Waals surface area (Å²) in [6.45, 7) is 0. The highest BCUT2D eigenvalue weighted by Gasteiger charge is 2.06. The first-order valence-electron chi connectivity index (χ1n) is 3.60. The van der Waals surface area contributed by atoms with Gasteiger partial charge in [-0.05, 0) is 6.07 Å². The molecule has 68 valence electrons. The average molecular weight is 215 g/mol. The molecule has 0 saturated heterocycles. The largest absolute Gasteiger partial charge is 0.495 e. The number of rotatable bonds is 1. The summed E-state index contributed by atoms with van der Waals surface area (Å²) in [5.41, 5.74) is 6.37. The van der Waals surface area contributed by atoms with Gasteiger partial charge < -0.3 is 10.5 Å². The fourth-order valence-corrected chi connectivity index (χ4v) is 2.08. The van der Waals surface area contributed by atoms with Crippen LogP contribution in [-0.2, 0) is 0 Å². The molecular weight excluding hydrogens is 208 g/mol. The molecule has 3 nitrogen and oxygen atoms in total. The molecule has 0 amide bonds. The van der Waals surface area contributed by atoms with Gasteiger partial charge in [-0.15, -0.1) is 0 Å². The van der Waals surface area contributed by atoms with E-state index in [0.29, 0.717) is 15.9 Å². The first-order chi connectivity index (χ1) is 6.20. The second kappa shape index (κ2) is 3.05. The number of hydrogen-bond acceptors (Lipinski definition) is 4. The van der Waals surface area contributed by atoms with E-state index in [2.05, 4.69) is 4.98 Å². The SMILES string of the molecule is COc1cc2sc(N)nc2cc1Cl. The lowest BCUT2D eigenvalue weighted by Crippen LogP contribution is -1.83. The minimum Gasteiger partial charge on any atom is -0.495 e. The number of hydrogen-bond donors (Lipinski definition) is 1. The summed E-state index contributed by atoms with van der Waals surface area (Å²) in [7, 11) is 1.58. The van der Waals surface area contributed by atoms with Crippen LogP contribution in [0.25, 0.3) is 10.2 Å². The number of halogens is 1. The van der Waals surface area contributed by atoms with Gasteiger partial charge in [-0.3, -0.25) is 0 Å². The third-order valence-electron chi connectivity index (χ3n) is 1.68. The molecule has 0 aliphatic heterocycles. The maximum atomic E-state index is 5.91. The van der Waals surface area contributed by atoms with Crippen molar-refractivity contribution in [3.63, 3.8) is 0 Å². The van der Waals surface area contributed by atoms with Crippen molar-refractivity contribution in [2.45, 2.75) is 0 Å². The van der Waals surface area contributed by atoms with E-state index in [0.717, 1.165) is 10.2 Å². The molecule has 1 aromatic carbocycles. The van der Waals surface area contributed by atoms with E-state index in [1.807, 2.05) is 6.07 Å². The number of nitrogen functional groups attached to an aromatic ring is 1. The zero-order valence-electron chi connectivity index (χ0n) is 6.87. The van der Waals surface area contributed by atoms with E-state index in [9.17, 15) is 0 Å². The molecule has 1 aromatic heterocycles. The van der Waals surface area contributed by atoms with Crippen molar-refractivity contribution in [3.8, 4) is 5.75 Å². The molecule has 0 unspecified atom stereocenters. The van der Waals surface area contributed by atoms with Crippen molar-refractivity contribution < 1.29 is 4.74 Å². The maximum absolute atomic E-state index is 5.91. The highest BCUT2D eigenvalue weighted by Crippen LogP contribution is 2.33. The lowest BCUT2D eigenvalue weighted by atomic mass is 10.3. The monoisotopic (exact) mass is 214 g/mol. The summed E-state index contributed by atoms with van der Waals surface area (Å²) in [5.74, 6) is 0.651. The van der Waals surface area contributed by atoms with Crippen molar-refractivity contribution in [2.24, 2.45) is 0 Å². The van der Waals surface area contributed by atoms with E-state index in [1.165, 1.54) is 11.3 Å². The third-order valence-corrected chi connectivity index (χ3v) is 2.82. The van der Waals surface area contributed by atoms with Crippen LogP contribution in [0.1, 0.15) is 0 Å². The Hall–Kier alpha value is -1.00. The van der Waals surface area contributed by atoms with Crippen LogP contribution in [-0.4, -0.2) is 12.1 Å². The molecule has 2 N–H and O–H groups in total. The fraction of sp³-hybridized carbons (Fsp3) is 0.125. The van der Waals surface area contributed by atoms with Crippen LogP contribution in [0.4, 0.5) is 5.13 Å². The number of ether oxygens (including phenoxy) is 1. The second-order valence-electron chi connectivity index (χ2n) is 2.51. The zero-order chi connectivity index (χ0) is 9.42. The number of methoxy groups -OCH3 is 1. The molecule has 0 atom stereocenters. The molecular formula is C8H7ClN2OS. The lowest BCUT2D eigenvalue weighted by molar-refractivity contribution is 0.415. The Morgan fingerprint density at radius 3 is 3.00 bits per heavy atom. The van der Waals surface area contributed by atoms with Gasteiger partial charge in [-0.1, -0.05) is 22.9 Å². The van der Waals surface area contributed by atoms with Gasteiger partial charge in [-0.25, -0.2) is 4.98 Å². The third kappa shape index (κ3) is 1.43. The normalized spacial score (nSPS) is 10.6. The summed E-state index contributed by atoms with van der Waals surface area (Å²) in [5, 5.41) is 1.10. The first-order valence-corrected chi connectivity index (χ1v) is 4.79. The molecule has 2 rings (SSSR count). The van der Waals surface area contributed by atoms with Crippen molar-refractivity contribution in [2.75, 3.05) is 12.8 Å². The van der Waals surface area contributed by atoms with E-state index < -0.39 is 0 Å². The molecule has 0 fully saturated rings. The molecule has 5 heteroatoms. The van der Waals surface area contributed by atoms with E-state index in [1.54, 1.807) is 13.2 Å². The Morgan fingerprint density at radius 2 is 2.31 bits per heavy atom. The number of nitrogens with zero attached hydrogens (tertiary/aromatic N) is 1. The molecule has 1 heterocycles. The van der Waals surface area contributed by atoms with Crippen LogP contribution < -0.4 is 10.5 Å². The highest BCUT2D eigenvalue weighted by molar-refractivity contribution is 7.22. The molecule has 2 aromatic rings. The van der Waals surface area contributed by atoms with E-state index in [4.69, 9.17) is 22.1 Å². The molecule has 0 aliphatic rings. The van der Waals surface area contributed by atoms with Gasteiger partial charge in [0.1, 0.15) is 5.75 Å². The predicted octanol–water partition coefficient (Wildman–Crippen LogP) is 2.54. The Labute approximate surface area is 84.1 Å². The summed E-state index contributed by atoms with van der Waals surface area (Å²) >= 11 is 7.33. The maximum Gasteiger partial charge on any atom is 0.181 e. The molecule has 0 bridgehead atoms. The van der Waals surface area contributed by atoms with Crippen LogP contribution in [0.5, 0.6) is 5.75 Å². The van der Waals surface area contributed by atoms with Gasteiger partial charge in [-0.2, -0.15) is 0 Å². The average Bonchev–Trinajstić information content (AvgIpc) is 2.42. The lowest BCUT2D eigenvalue weighted by Gasteiger charge is -2.00. The Kier molecular flexibility index (Phi) is 2.01. The van der Waals surface area contributed by atoms with Gasteiger partial charge in [0.25, 0.3) is 0 Å². The summed E-state index contributed by atoms with van der Waals surface area (Å²) in [6.07, 6.45) is 0. The number of aromatic nitrogens is 1. The standard InChI is InChI=1S/C8H7ClN2OS/c1-12-6-3-7-5(2-4(6)9)11-8(10)13-7/h2-3H,1H3,(H2,10,11). The zero-order valence-corrected chi connectivity index (χ0v) is 8.45. The summed E-state index contributed by atoms with van der Waals surface area (Å²) in [4.78, 5) is 4.11.